The van der Waals surface area contributed by atoms with E-state index < -0.39 is 0 Å². The average Bonchev–Trinajstić information content (AvgIpc) is 2.56. The molecule has 1 aliphatic heterocycles. The van der Waals surface area contributed by atoms with E-state index in [4.69, 9.17) is 0 Å². The van der Waals surface area contributed by atoms with Gasteiger partial charge in [0.05, 0.1) is 0 Å². The van der Waals surface area contributed by atoms with Crippen LogP contribution in [-0.2, 0) is 0 Å². The standard InChI is InChI=1S/C13H29N3/c1-2-14-9-10-15-8-7-13-16-11-5-3-4-6-12-16/h14-15H,2-13H2,1H3. The summed E-state index contributed by atoms with van der Waals surface area (Å²) in [4.78, 5) is 2.64. The minimum absolute atomic E-state index is 1.08. The van der Waals surface area contributed by atoms with Gasteiger partial charge in [-0.15, -0.1) is 0 Å². The summed E-state index contributed by atoms with van der Waals surface area (Å²) in [5, 5.41) is 6.81. The Bertz CT molecular complexity index is 142. The molecule has 0 aliphatic carbocycles. The molecule has 3 heteroatoms. The molecule has 0 amide bonds. The fraction of sp³-hybridized carbons (Fsp3) is 1.00. The number of hydrogen-bond donors (Lipinski definition) is 2. The Morgan fingerprint density at radius 1 is 0.875 bits per heavy atom. The lowest BCUT2D eigenvalue weighted by Crippen LogP contribution is -2.31. The van der Waals surface area contributed by atoms with Crippen LogP contribution in [0.5, 0.6) is 0 Å². The molecule has 3 nitrogen and oxygen atoms in total. The van der Waals surface area contributed by atoms with Crippen LogP contribution in [-0.4, -0.2) is 50.7 Å². The van der Waals surface area contributed by atoms with Crippen LogP contribution in [0, 0.1) is 0 Å². The van der Waals surface area contributed by atoms with Gasteiger partial charge in [-0.3, -0.25) is 0 Å². The Kier molecular flexibility index (Phi) is 8.77. The molecule has 0 bridgehead atoms. The van der Waals surface area contributed by atoms with Crippen molar-refractivity contribution in [2.24, 2.45) is 0 Å². The van der Waals surface area contributed by atoms with Gasteiger partial charge in [0, 0.05) is 13.1 Å². The van der Waals surface area contributed by atoms with Gasteiger partial charge in [0.25, 0.3) is 0 Å². The van der Waals surface area contributed by atoms with Gasteiger partial charge in [0.1, 0.15) is 0 Å². The van der Waals surface area contributed by atoms with Gasteiger partial charge in [-0.1, -0.05) is 19.8 Å². The molecule has 1 heterocycles. The van der Waals surface area contributed by atoms with Crippen molar-refractivity contribution in [2.45, 2.75) is 39.0 Å². The fourth-order valence-corrected chi connectivity index (χ4v) is 2.27. The van der Waals surface area contributed by atoms with Gasteiger partial charge in [0.2, 0.25) is 0 Å². The zero-order valence-corrected chi connectivity index (χ0v) is 10.9. The van der Waals surface area contributed by atoms with Gasteiger partial charge in [-0.25, -0.2) is 0 Å². The van der Waals surface area contributed by atoms with Crippen molar-refractivity contribution in [3.63, 3.8) is 0 Å². The summed E-state index contributed by atoms with van der Waals surface area (Å²) in [6.45, 7) is 10.5. The second-order valence-corrected chi connectivity index (χ2v) is 4.71. The first-order valence-corrected chi connectivity index (χ1v) is 7.07. The van der Waals surface area contributed by atoms with Crippen LogP contribution in [0.15, 0.2) is 0 Å². The van der Waals surface area contributed by atoms with E-state index in [1.807, 2.05) is 0 Å². The molecule has 1 rings (SSSR count). The number of hydrogen-bond acceptors (Lipinski definition) is 3. The van der Waals surface area contributed by atoms with E-state index in [-0.39, 0.29) is 0 Å². The summed E-state index contributed by atoms with van der Waals surface area (Å²) in [5.74, 6) is 0. The van der Waals surface area contributed by atoms with Crippen molar-refractivity contribution in [2.75, 3.05) is 45.8 Å². The summed E-state index contributed by atoms with van der Waals surface area (Å²) in [5.41, 5.74) is 0. The molecular formula is C13H29N3. The summed E-state index contributed by atoms with van der Waals surface area (Å²) < 4.78 is 0. The number of rotatable bonds is 8. The van der Waals surface area contributed by atoms with Crippen molar-refractivity contribution in [1.29, 1.82) is 0 Å². The van der Waals surface area contributed by atoms with E-state index in [1.165, 1.54) is 58.3 Å². The lowest BCUT2D eigenvalue weighted by Gasteiger charge is -2.19. The number of nitrogens with zero attached hydrogens (tertiary/aromatic N) is 1. The summed E-state index contributed by atoms with van der Waals surface area (Å²) >= 11 is 0. The highest BCUT2D eigenvalue weighted by atomic mass is 15.1. The molecular weight excluding hydrogens is 198 g/mol. The van der Waals surface area contributed by atoms with Crippen LogP contribution in [0.4, 0.5) is 0 Å². The highest BCUT2D eigenvalue weighted by molar-refractivity contribution is 4.64. The molecule has 0 aromatic rings. The fourth-order valence-electron chi connectivity index (χ4n) is 2.27. The van der Waals surface area contributed by atoms with Gasteiger partial charge in [-0.2, -0.15) is 0 Å². The van der Waals surface area contributed by atoms with Crippen LogP contribution in [0.1, 0.15) is 39.0 Å². The lowest BCUT2D eigenvalue weighted by molar-refractivity contribution is 0.280. The van der Waals surface area contributed by atoms with E-state index in [1.54, 1.807) is 0 Å². The maximum atomic E-state index is 3.49. The quantitative estimate of drug-likeness (QED) is 0.615. The Balaban J connectivity index is 1.86. The Morgan fingerprint density at radius 2 is 1.56 bits per heavy atom. The molecule has 1 fully saturated rings. The van der Waals surface area contributed by atoms with Crippen molar-refractivity contribution < 1.29 is 0 Å². The van der Waals surface area contributed by atoms with Crippen LogP contribution >= 0.6 is 0 Å². The third-order valence-corrected chi connectivity index (χ3v) is 3.26. The molecule has 1 aliphatic rings. The SMILES string of the molecule is CCNCCNCCCN1CCCCCC1. The molecule has 0 saturated carbocycles. The molecule has 0 spiro atoms. The Labute approximate surface area is 101 Å². The normalized spacial score (nSPS) is 18.6. The molecule has 16 heavy (non-hydrogen) atoms. The summed E-state index contributed by atoms with van der Waals surface area (Å²) in [6.07, 6.45) is 7.00. The molecule has 0 radical (unpaired) electrons. The number of nitrogens with one attached hydrogen (secondary N) is 2. The minimum atomic E-state index is 1.08. The number of likely N-dealkylation sites (tertiary alicyclic amines) is 1. The van der Waals surface area contributed by atoms with Crippen LogP contribution < -0.4 is 10.6 Å². The average molecular weight is 227 g/mol. The first kappa shape index (κ1) is 13.9. The predicted octanol–water partition coefficient (Wildman–Crippen LogP) is 1.45. The summed E-state index contributed by atoms with van der Waals surface area (Å²) in [7, 11) is 0. The first-order chi connectivity index (χ1) is 7.93. The topological polar surface area (TPSA) is 27.3 Å². The molecule has 96 valence electrons. The zero-order valence-electron chi connectivity index (χ0n) is 10.9. The maximum Gasteiger partial charge on any atom is 0.00767 e. The molecule has 0 aromatic carbocycles. The smallest absolute Gasteiger partial charge is 0.00767 e. The number of likely N-dealkylation sites (N-methyl/N-ethyl adjacent to an activating group) is 1. The molecule has 2 N–H and O–H groups in total. The second kappa shape index (κ2) is 10.1. The highest BCUT2D eigenvalue weighted by Crippen LogP contribution is 2.09. The van der Waals surface area contributed by atoms with Gasteiger partial charge in [0.15, 0.2) is 0 Å². The lowest BCUT2D eigenvalue weighted by atomic mass is 10.2. The van der Waals surface area contributed by atoms with Crippen molar-refractivity contribution >= 4 is 0 Å². The Hall–Kier alpha value is -0.120. The largest absolute Gasteiger partial charge is 0.316 e. The molecule has 0 atom stereocenters. The maximum absolute atomic E-state index is 3.49. The van der Waals surface area contributed by atoms with Gasteiger partial charge in [-0.05, 0) is 52.0 Å². The van der Waals surface area contributed by atoms with Crippen LogP contribution in [0.25, 0.3) is 0 Å². The Morgan fingerprint density at radius 3 is 2.25 bits per heavy atom. The molecule has 1 saturated heterocycles. The predicted molar refractivity (Wildman–Crippen MR) is 70.9 cm³/mol. The van der Waals surface area contributed by atoms with E-state index >= 15 is 0 Å². The van der Waals surface area contributed by atoms with E-state index in [0.717, 1.165) is 19.6 Å². The molecule has 0 unspecified atom stereocenters. The summed E-state index contributed by atoms with van der Waals surface area (Å²) in [6, 6.07) is 0. The second-order valence-electron chi connectivity index (χ2n) is 4.71. The van der Waals surface area contributed by atoms with Gasteiger partial charge >= 0.3 is 0 Å². The highest BCUT2D eigenvalue weighted by Gasteiger charge is 2.07. The van der Waals surface area contributed by atoms with E-state index in [0.29, 0.717) is 0 Å². The van der Waals surface area contributed by atoms with E-state index in [2.05, 4.69) is 22.5 Å². The van der Waals surface area contributed by atoms with Crippen molar-refractivity contribution in [3.05, 3.63) is 0 Å². The monoisotopic (exact) mass is 227 g/mol. The van der Waals surface area contributed by atoms with Crippen LogP contribution in [0.2, 0.25) is 0 Å². The van der Waals surface area contributed by atoms with E-state index in [9.17, 15) is 0 Å². The van der Waals surface area contributed by atoms with Crippen molar-refractivity contribution in [1.82, 2.24) is 15.5 Å². The van der Waals surface area contributed by atoms with Crippen molar-refractivity contribution in [3.8, 4) is 0 Å². The zero-order chi connectivity index (χ0) is 11.5. The first-order valence-electron chi connectivity index (χ1n) is 7.07. The third-order valence-electron chi connectivity index (χ3n) is 3.26. The van der Waals surface area contributed by atoms with Gasteiger partial charge < -0.3 is 15.5 Å². The third kappa shape index (κ3) is 7.20. The minimum Gasteiger partial charge on any atom is -0.316 e. The molecule has 0 aromatic heterocycles. The van der Waals surface area contributed by atoms with Crippen LogP contribution in [0.3, 0.4) is 0 Å².